The third-order valence-corrected chi connectivity index (χ3v) is 2.22. The van der Waals surface area contributed by atoms with Crippen molar-refractivity contribution in [3.63, 3.8) is 0 Å². The molecule has 0 spiro atoms. The maximum atomic E-state index is 11.5. The second-order valence-electron chi connectivity index (χ2n) is 5.16. The summed E-state index contributed by atoms with van der Waals surface area (Å²) in [6.07, 6.45) is -1.72. The number of esters is 1. The van der Waals surface area contributed by atoms with Crippen LogP contribution in [0.15, 0.2) is 24.3 Å². The fourth-order valence-corrected chi connectivity index (χ4v) is 1.37. The molecule has 1 rings (SSSR count). The van der Waals surface area contributed by atoms with Gasteiger partial charge in [-0.2, -0.15) is 0 Å². The lowest BCUT2D eigenvalue weighted by Crippen LogP contribution is -2.35. The van der Waals surface area contributed by atoms with Crippen molar-refractivity contribution in [1.82, 2.24) is 0 Å². The zero-order chi connectivity index (χ0) is 15.3. The van der Waals surface area contributed by atoms with E-state index < -0.39 is 17.9 Å². The van der Waals surface area contributed by atoms with E-state index in [4.69, 9.17) is 15.2 Å². The maximum Gasteiger partial charge on any atom is 0.376 e. The lowest BCUT2D eigenvalue weighted by Gasteiger charge is -2.21. The molecule has 0 aliphatic rings. The topological polar surface area (TPSA) is 98.9 Å². The van der Waals surface area contributed by atoms with Crippen molar-refractivity contribution in [3.05, 3.63) is 29.8 Å². The Morgan fingerprint density at radius 1 is 1.25 bits per heavy atom. The summed E-state index contributed by atoms with van der Waals surface area (Å²) in [6.45, 7) is 4.97. The molecule has 1 aromatic rings. The minimum absolute atomic E-state index is 0.0826. The van der Waals surface area contributed by atoms with Gasteiger partial charge in [-0.1, -0.05) is 0 Å². The molecular formula is C14H19NO5. The summed E-state index contributed by atoms with van der Waals surface area (Å²) in [5.74, 6) is -0.833. The van der Waals surface area contributed by atoms with Crippen molar-refractivity contribution in [2.24, 2.45) is 5.73 Å². The van der Waals surface area contributed by atoms with Crippen LogP contribution in [0.25, 0.3) is 0 Å². The number of aliphatic hydroxyl groups is 1. The number of benzene rings is 1. The molecule has 110 valence electrons. The molecule has 3 N–H and O–H groups in total. The first kappa shape index (κ1) is 16.1. The second kappa shape index (κ2) is 6.49. The van der Waals surface area contributed by atoms with Gasteiger partial charge in [0.15, 0.2) is 5.78 Å². The minimum atomic E-state index is -1.72. The van der Waals surface area contributed by atoms with Crippen LogP contribution in [0, 0.1) is 0 Å². The Balaban J connectivity index is 2.64. The summed E-state index contributed by atoms with van der Waals surface area (Å²) < 4.78 is 10.00. The Labute approximate surface area is 117 Å². The third-order valence-electron chi connectivity index (χ3n) is 2.22. The lowest BCUT2D eigenvalue weighted by atomic mass is 10.1. The summed E-state index contributed by atoms with van der Waals surface area (Å²) in [5, 5.41) is 9.58. The van der Waals surface area contributed by atoms with E-state index in [1.54, 1.807) is 20.8 Å². The molecule has 0 aliphatic carbocycles. The molecule has 0 aromatic heterocycles. The van der Waals surface area contributed by atoms with Crippen molar-refractivity contribution < 1.29 is 24.2 Å². The Hall–Kier alpha value is -1.92. The molecule has 0 heterocycles. The first-order valence-corrected chi connectivity index (χ1v) is 6.14. The molecule has 0 aliphatic heterocycles. The van der Waals surface area contributed by atoms with Crippen molar-refractivity contribution in [3.8, 4) is 5.75 Å². The molecule has 20 heavy (non-hydrogen) atoms. The third kappa shape index (κ3) is 4.99. The molecule has 0 saturated heterocycles. The van der Waals surface area contributed by atoms with Crippen molar-refractivity contribution in [2.45, 2.75) is 32.7 Å². The van der Waals surface area contributed by atoms with Crippen LogP contribution >= 0.6 is 0 Å². The lowest BCUT2D eigenvalue weighted by molar-refractivity contribution is -0.180. The number of ketones is 1. The van der Waals surface area contributed by atoms with Gasteiger partial charge in [-0.15, -0.1) is 0 Å². The van der Waals surface area contributed by atoms with Gasteiger partial charge < -0.3 is 20.3 Å². The smallest absolute Gasteiger partial charge is 0.376 e. The normalized spacial score (nSPS) is 12.7. The van der Waals surface area contributed by atoms with E-state index >= 15 is 0 Å². The van der Waals surface area contributed by atoms with E-state index in [1.165, 1.54) is 24.3 Å². The van der Waals surface area contributed by atoms with E-state index in [-0.39, 0.29) is 18.1 Å². The largest absolute Gasteiger partial charge is 0.455 e. The maximum absolute atomic E-state index is 11.5. The highest BCUT2D eigenvalue weighted by molar-refractivity contribution is 5.97. The Morgan fingerprint density at radius 2 is 1.80 bits per heavy atom. The number of hydrogen-bond acceptors (Lipinski definition) is 6. The average molecular weight is 281 g/mol. The van der Waals surface area contributed by atoms with E-state index in [0.717, 1.165) is 0 Å². The number of ether oxygens (including phenoxy) is 2. The van der Waals surface area contributed by atoms with E-state index in [2.05, 4.69) is 0 Å². The number of hydrogen-bond donors (Lipinski definition) is 2. The summed E-state index contributed by atoms with van der Waals surface area (Å²) >= 11 is 0. The predicted octanol–water partition coefficient (Wildman–Crippen LogP) is 0.867. The Kier molecular flexibility index (Phi) is 5.24. The van der Waals surface area contributed by atoms with Gasteiger partial charge in [0.25, 0.3) is 6.29 Å². The zero-order valence-electron chi connectivity index (χ0n) is 11.8. The molecule has 0 bridgehead atoms. The molecule has 1 aromatic carbocycles. The highest BCUT2D eigenvalue weighted by atomic mass is 16.7. The number of carbonyl (C=O) groups is 2. The van der Waals surface area contributed by atoms with E-state index in [9.17, 15) is 14.7 Å². The molecule has 0 saturated carbocycles. The Bertz CT molecular complexity index is 475. The number of carbonyl (C=O) groups excluding carboxylic acids is 2. The van der Waals surface area contributed by atoms with Gasteiger partial charge in [0.05, 0.1) is 6.54 Å². The molecule has 6 nitrogen and oxygen atoms in total. The number of Topliss-reactive ketones (excluding diaryl/α,β-unsaturated/α-hetero) is 1. The predicted molar refractivity (Wildman–Crippen MR) is 72.3 cm³/mol. The van der Waals surface area contributed by atoms with E-state index in [1.807, 2.05) is 0 Å². The summed E-state index contributed by atoms with van der Waals surface area (Å²) in [4.78, 5) is 22.8. The number of rotatable bonds is 5. The van der Waals surface area contributed by atoms with Crippen LogP contribution in [0.5, 0.6) is 5.75 Å². The first-order valence-electron chi connectivity index (χ1n) is 6.14. The molecule has 0 amide bonds. The van der Waals surface area contributed by atoms with Gasteiger partial charge in [0.1, 0.15) is 11.4 Å². The highest BCUT2D eigenvalue weighted by Crippen LogP contribution is 2.15. The molecule has 0 radical (unpaired) electrons. The van der Waals surface area contributed by atoms with Gasteiger partial charge in [0.2, 0.25) is 0 Å². The standard InChI is InChI=1S/C14H19NO5/c1-14(2,3)20-13(18)12(17)19-10-6-4-9(5-7-10)11(16)8-15/h4-7,12,17H,8,15H2,1-3H3. The molecule has 0 fully saturated rings. The van der Waals surface area contributed by atoms with Crippen LogP contribution in [0.3, 0.4) is 0 Å². The number of nitrogens with two attached hydrogens (primary N) is 1. The highest BCUT2D eigenvalue weighted by Gasteiger charge is 2.24. The summed E-state index contributed by atoms with van der Waals surface area (Å²) in [7, 11) is 0. The fraction of sp³-hybridized carbons (Fsp3) is 0.429. The number of aliphatic hydroxyl groups excluding tert-OH is 1. The van der Waals surface area contributed by atoms with Crippen LogP contribution in [-0.2, 0) is 9.53 Å². The summed E-state index contributed by atoms with van der Waals surface area (Å²) in [5.41, 5.74) is 4.97. The van der Waals surface area contributed by atoms with Crippen LogP contribution in [0.1, 0.15) is 31.1 Å². The fourth-order valence-electron chi connectivity index (χ4n) is 1.37. The van der Waals surface area contributed by atoms with Gasteiger partial charge in [-0.05, 0) is 45.0 Å². The quantitative estimate of drug-likeness (QED) is 0.472. The molecule has 6 heteroatoms. The van der Waals surface area contributed by atoms with Gasteiger partial charge >= 0.3 is 5.97 Å². The van der Waals surface area contributed by atoms with Crippen LogP contribution in [0.4, 0.5) is 0 Å². The van der Waals surface area contributed by atoms with Crippen LogP contribution < -0.4 is 10.5 Å². The van der Waals surface area contributed by atoms with Crippen LogP contribution in [0.2, 0.25) is 0 Å². The first-order chi connectivity index (χ1) is 9.23. The van der Waals surface area contributed by atoms with Crippen molar-refractivity contribution in [1.29, 1.82) is 0 Å². The van der Waals surface area contributed by atoms with Gasteiger partial charge in [-0.3, -0.25) is 4.79 Å². The second-order valence-corrected chi connectivity index (χ2v) is 5.16. The van der Waals surface area contributed by atoms with E-state index in [0.29, 0.717) is 5.56 Å². The van der Waals surface area contributed by atoms with Crippen molar-refractivity contribution in [2.75, 3.05) is 6.54 Å². The molecule has 1 atom stereocenters. The molecular weight excluding hydrogens is 262 g/mol. The summed E-state index contributed by atoms with van der Waals surface area (Å²) in [6, 6.07) is 5.95. The van der Waals surface area contributed by atoms with Gasteiger partial charge in [-0.25, -0.2) is 4.79 Å². The van der Waals surface area contributed by atoms with Gasteiger partial charge in [0, 0.05) is 5.56 Å². The zero-order valence-corrected chi connectivity index (χ0v) is 11.8. The molecule has 1 unspecified atom stereocenters. The minimum Gasteiger partial charge on any atom is -0.455 e. The monoisotopic (exact) mass is 281 g/mol. The SMILES string of the molecule is CC(C)(C)OC(=O)C(O)Oc1ccc(C(=O)CN)cc1. The Morgan fingerprint density at radius 3 is 2.25 bits per heavy atom. The average Bonchev–Trinajstić information content (AvgIpc) is 2.36. The van der Waals surface area contributed by atoms with Crippen molar-refractivity contribution >= 4 is 11.8 Å². The van der Waals surface area contributed by atoms with Crippen LogP contribution in [-0.4, -0.2) is 35.3 Å².